The van der Waals surface area contributed by atoms with Crippen LogP contribution < -0.4 is 0 Å². The van der Waals surface area contributed by atoms with Gasteiger partial charge in [0.15, 0.2) is 0 Å². The van der Waals surface area contributed by atoms with E-state index in [-0.39, 0.29) is 0 Å². The van der Waals surface area contributed by atoms with Gasteiger partial charge in [-0.3, -0.25) is 4.79 Å². The minimum absolute atomic E-state index is 0.769. The summed E-state index contributed by atoms with van der Waals surface area (Å²) < 4.78 is 0. The monoisotopic (exact) mass is 124 g/mol. The number of carboxylic acids is 1. The highest BCUT2D eigenvalue weighted by molar-refractivity contribution is 5.75. The molecule has 9 heavy (non-hydrogen) atoms. The summed E-state index contributed by atoms with van der Waals surface area (Å²) in [6, 6.07) is 0. The fraction of sp³-hybridized carbons (Fsp3) is 0.286. The van der Waals surface area contributed by atoms with E-state index in [1.807, 2.05) is 0 Å². The Bertz CT molecular complexity index is 162. The Kier molecular flexibility index (Phi) is 3.22. The van der Waals surface area contributed by atoms with E-state index in [0.717, 1.165) is 0 Å². The molecule has 0 aliphatic rings. The van der Waals surface area contributed by atoms with Gasteiger partial charge in [0, 0.05) is 0 Å². The number of hydrogen-bond acceptors (Lipinski definition) is 1. The molecule has 0 aliphatic heterocycles. The zero-order valence-electron chi connectivity index (χ0n) is 5.16. The first-order valence-electron chi connectivity index (χ1n) is 2.54. The normalized spacial score (nSPS) is 12.9. The molecule has 0 radical (unpaired) electrons. The van der Waals surface area contributed by atoms with Crippen molar-refractivity contribution >= 4 is 5.97 Å². The van der Waals surface area contributed by atoms with E-state index < -0.39 is 11.9 Å². The molecule has 0 aromatic carbocycles. The third-order valence-electron chi connectivity index (χ3n) is 0.831. The molecule has 1 unspecified atom stereocenters. The van der Waals surface area contributed by atoms with E-state index in [2.05, 4.69) is 5.92 Å². The largest absolute Gasteiger partial charge is 0.480 e. The van der Waals surface area contributed by atoms with Crippen LogP contribution in [0, 0.1) is 18.3 Å². The van der Waals surface area contributed by atoms with Crippen molar-refractivity contribution in [1.82, 2.24) is 0 Å². The molecule has 1 atom stereocenters. The summed E-state index contributed by atoms with van der Waals surface area (Å²) in [7, 11) is 0. The molecule has 0 fully saturated rings. The molecule has 0 rings (SSSR count). The highest BCUT2D eigenvalue weighted by Crippen LogP contribution is 1.95. The Morgan fingerprint density at radius 2 is 2.44 bits per heavy atom. The quantitative estimate of drug-likeness (QED) is 0.438. The Morgan fingerprint density at radius 3 is 2.56 bits per heavy atom. The lowest BCUT2D eigenvalue weighted by atomic mass is 10.1. The van der Waals surface area contributed by atoms with Gasteiger partial charge in [0.05, 0.1) is 0 Å². The van der Waals surface area contributed by atoms with Crippen molar-refractivity contribution in [2.75, 3.05) is 0 Å². The van der Waals surface area contributed by atoms with E-state index in [1.165, 1.54) is 6.08 Å². The van der Waals surface area contributed by atoms with Gasteiger partial charge in [-0.25, -0.2) is 0 Å². The third kappa shape index (κ3) is 2.55. The van der Waals surface area contributed by atoms with Crippen LogP contribution in [-0.2, 0) is 4.79 Å². The average molecular weight is 124 g/mol. The lowest BCUT2D eigenvalue weighted by molar-refractivity contribution is -0.138. The van der Waals surface area contributed by atoms with Crippen molar-refractivity contribution in [3.05, 3.63) is 12.2 Å². The Morgan fingerprint density at radius 1 is 1.89 bits per heavy atom. The summed E-state index contributed by atoms with van der Waals surface area (Å²) in [6.07, 6.45) is 7.96. The zero-order valence-corrected chi connectivity index (χ0v) is 5.16. The molecule has 0 saturated heterocycles. The van der Waals surface area contributed by atoms with Crippen LogP contribution in [0.25, 0.3) is 0 Å². The van der Waals surface area contributed by atoms with Crippen molar-refractivity contribution in [2.24, 2.45) is 5.92 Å². The molecule has 2 nitrogen and oxygen atoms in total. The van der Waals surface area contributed by atoms with Gasteiger partial charge in [0.25, 0.3) is 0 Å². The molecule has 0 aromatic rings. The SMILES string of the molecule is C#CC(C=CC)C(=O)O. The molecule has 0 amide bonds. The summed E-state index contributed by atoms with van der Waals surface area (Å²) in [6.45, 7) is 1.73. The van der Waals surface area contributed by atoms with E-state index in [0.29, 0.717) is 0 Å². The van der Waals surface area contributed by atoms with Gasteiger partial charge in [-0.1, -0.05) is 18.1 Å². The molecule has 2 heteroatoms. The number of rotatable bonds is 2. The fourth-order valence-electron chi connectivity index (χ4n) is 0.402. The number of allylic oxidation sites excluding steroid dienone is 1. The first kappa shape index (κ1) is 7.77. The highest BCUT2D eigenvalue weighted by atomic mass is 16.4. The molecular formula is C7H8O2. The lowest BCUT2D eigenvalue weighted by Crippen LogP contribution is -2.07. The van der Waals surface area contributed by atoms with E-state index in [1.54, 1.807) is 13.0 Å². The van der Waals surface area contributed by atoms with Crippen LogP contribution in [-0.4, -0.2) is 11.1 Å². The van der Waals surface area contributed by atoms with Crippen LogP contribution in [0.15, 0.2) is 12.2 Å². The number of aliphatic carboxylic acids is 1. The van der Waals surface area contributed by atoms with Gasteiger partial charge in [0.1, 0.15) is 5.92 Å². The van der Waals surface area contributed by atoms with E-state index in [9.17, 15) is 4.79 Å². The first-order chi connectivity index (χ1) is 4.22. The van der Waals surface area contributed by atoms with Crippen LogP contribution in [0.4, 0.5) is 0 Å². The predicted molar refractivity (Wildman–Crippen MR) is 34.8 cm³/mol. The Balaban J connectivity index is 4.04. The smallest absolute Gasteiger partial charge is 0.322 e. The van der Waals surface area contributed by atoms with Crippen molar-refractivity contribution in [1.29, 1.82) is 0 Å². The maximum atomic E-state index is 10.1. The predicted octanol–water partition coefficient (Wildman–Crippen LogP) is 0.897. The molecule has 0 aromatic heterocycles. The van der Waals surface area contributed by atoms with Gasteiger partial charge in [-0.15, -0.1) is 6.42 Å². The zero-order chi connectivity index (χ0) is 7.28. The number of carboxylic acid groups (broad SMARTS) is 1. The second-order valence-electron chi connectivity index (χ2n) is 1.51. The van der Waals surface area contributed by atoms with Gasteiger partial charge >= 0.3 is 5.97 Å². The van der Waals surface area contributed by atoms with Crippen molar-refractivity contribution in [3.63, 3.8) is 0 Å². The van der Waals surface area contributed by atoms with Crippen LogP contribution in [0.2, 0.25) is 0 Å². The molecular weight excluding hydrogens is 116 g/mol. The van der Waals surface area contributed by atoms with Gasteiger partial charge in [-0.2, -0.15) is 0 Å². The molecule has 48 valence electrons. The van der Waals surface area contributed by atoms with E-state index >= 15 is 0 Å². The maximum Gasteiger partial charge on any atom is 0.322 e. The fourth-order valence-corrected chi connectivity index (χ4v) is 0.402. The van der Waals surface area contributed by atoms with Crippen molar-refractivity contribution in [2.45, 2.75) is 6.92 Å². The lowest BCUT2D eigenvalue weighted by Gasteiger charge is -1.93. The van der Waals surface area contributed by atoms with Crippen LogP contribution in [0.5, 0.6) is 0 Å². The summed E-state index contributed by atoms with van der Waals surface area (Å²) in [5.41, 5.74) is 0. The number of hydrogen-bond donors (Lipinski definition) is 1. The summed E-state index contributed by atoms with van der Waals surface area (Å²) >= 11 is 0. The molecule has 0 spiro atoms. The topological polar surface area (TPSA) is 37.3 Å². The summed E-state index contributed by atoms with van der Waals surface area (Å²) in [5, 5.41) is 8.31. The first-order valence-corrected chi connectivity index (χ1v) is 2.54. The molecule has 0 saturated carbocycles. The second kappa shape index (κ2) is 3.73. The van der Waals surface area contributed by atoms with E-state index in [4.69, 9.17) is 11.5 Å². The number of terminal acetylenes is 1. The summed E-state index contributed by atoms with van der Waals surface area (Å²) in [5.74, 6) is 0.371. The van der Waals surface area contributed by atoms with Crippen LogP contribution in [0.1, 0.15) is 6.92 Å². The van der Waals surface area contributed by atoms with Gasteiger partial charge in [-0.05, 0) is 6.92 Å². The van der Waals surface area contributed by atoms with Crippen molar-refractivity contribution in [3.8, 4) is 12.3 Å². The standard InChI is InChI=1S/C7H8O2/c1-3-5-6(4-2)7(8)9/h2-3,5-6H,1H3,(H,8,9). The van der Waals surface area contributed by atoms with Gasteiger partial charge in [0.2, 0.25) is 0 Å². The third-order valence-corrected chi connectivity index (χ3v) is 0.831. The van der Waals surface area contributed by atoms with Crippen LogP contribution in [0.3, 0.4) is 0 Å². The van der Waals surface area contributed by atoms with Crippen LogP contribution >= 0.6 is 0 Å². The average Bonchev–Trinajstić information content (AvgIpc) is 1.82. The van der Waals surface area contributed by atoms with Crippen molar-refractivity contribution < 1.29 is 9.90 Å². The summed E-state index contributed by atoms with van der Waals surface area (Å²) in [4.78, 5) is 10.1. The molecule has 0 bridgehead atoms. The molecule has 0 heterocycles. The van der Waals surface area contributed by atoms with Gasteiger partial charge < -0.3 is 5.11 Å². The highest BCUT2D eigenvalue weighted by Gasteiger charge is 2.07. The molecule has 1 N–H and O–H groups in total. The second-order valence-corrected chi connectivity index (χ2v) is 1.51. The minimum atomic E-state index is -0.976. The minimum Gasteiger partial charge on any atom is -0.480 e. The number of carbonyl (C=O) groups is 1. The molecule has 0 aliphatic carbocycles. The Labute approximate surface area is 54.2 Å². The maximum absolute atomic E-state index is 10.1. The Hall–Kier alpha value is -1.23.